The van der Waals surface area contributed by atoms with Gasteiger partial charge in [0, 0.05) is 59.4 Å². The number of imidazole rings is 1. The van der Waals surface area contributed by atoms with Gasteiger partial charge in [0.1, 0.15) is 29.3 Å². The smallest absolute Gasteiger partial charge is 0.268 e. The average molecular weight is 601 g/mol. The Morgan fingerprint density at radius 1 is 1.04 bits per heavy atom. The Bertz CT molecular complexity index is 2300. The highest BCUT2D eigenvalue weighted by Crippen LogP contribution is 2.41. The lowest BCUT2D eigenvalue weighted by Gasteiger charge is -2.14. The van der Waals surface area contributed by atoms with Crippen molar-refractivity contribution >= 4 is 28.4 Å². The maximum atomic E-state index is 13.3. The summed E-state index contributed by atoms with van der Waals surface area (Å²) < 4.78 is 17.9. The van der Waals surface area contributed by atoms with Gasteiger partial charge in [0.15, 0.2) is 0 Å². The van der Waals surface area contributed by atoms with Crippen LogP contribution in [0.5, 0.6) is 5.75 Å². The Morgan fingerprint density at radius 2 is 1.89 bits per heavy atom. The van der Waals surface area contributed by atoms with E-state index in [0.29, 0.717) is 46.7 Å². The molecule has 0 saturated heterocycles. The van der Waals surface area contributed by atoms with Crippen LogP contribution in [0.4, 0.5) is 11.5 Å². The molecule has 2 aliphatic heterocycles. The van der Waals surface area contributed by atoms with E-state index in [2.05, 4.69) is 28.7 Å². The van der Waals surface area contributed by atoms with Crippen LogP contribution in [0, 0.1) is 11.1 Å². The number of nitrogen functional groups attached to an aromatic ring is 1. The molecule has 1 saturated carbocycles. The summed E-state index contributed by atoms with van der Waals surface area (Å²) in [4.78, 5) is 27.2. The lowest BCUT2D eigenvalue weighted by Crippen LogP contribution is -2.13. The van der Waals surface area contributed by atoms with E-state index in [-0.39, 0.29) is 11.9 Å². The van der Waals surface area contributed by atoms with Crippen LogP contribution in [0.2, 0.25) is 0 Å². The van der Waals surface area contributed by atoms with Crippen molar-refractivity contribution in [2.45, 2.75) is 45.6 Å². The van der Waals surface area contributed by atoms with E-state index in [4.69, 9.17) is 24.9 Å². The number of amides is 1. The molecule has 0 unspecified atom stereocenters. The fourth-order valence-corrected chi connectivity index (χ4v) is 5.88. The second-order valence-corrected chi connectivity index (χ2v) is 11.8. The Balaban J connectivity index is 1.20. The van der Waals surface area contributed by atoms with Gasteiger partial charge in [-0.25, -0.2) is 9.97 Å². The molecule has 45 heavy (non-hydrogen) atoms. The lowest BCUT2D eigenvalue weighted by molar-refractivity contribution is 0.102. The number of carbonyl (C=O) groups excluding carboxylic acids is 1. The molecule has 1 aromatic carbocycles. The predicted molar refractivity (Wildman–Crippen MR) is 171 cm³/mol. The van der Waals surface area contributed by atoms with Crippen LogP contribution in [-0.2, 0) is 0 Å². The normalized spacial score (nSPS) is 13.4. The summed E-state index contributed by atoms with van der Waals surface area (Å²) >= 11 is 0. The number of aromatic nitrogens is 6. The van der Waals surface area contributed by atoms with Crippen molar-refractivity contribution in [1.82, 2.24) is 28.3 Å². The first-order valence-electron chi connectivity index (χ1n) is 15.2. The van der Waals surface area contributed by atoms with Gasteiger partial charge in [-0.15, -0.1) is 0 Å². The minimum absolute atomic E-state index is 0.254. The van der Waals surface area contributed by atoms with Crippen molar-refractivity contribution in [3.05, 3.63) is 95.9 Å². The molecule has 1 amide bonds. The van der Waals surface area contributed by atoms with Gasteiger partial charge in [-0.1, -0.05) is 0 Å². The third-order valence-corrected chi connectivity index (χ3v) is 8.34. The van der Waals surface area contributed by atoms with Crippen LogP contribution >= 0.6 is 0 Å². The molecule has 0 spiro atoms. The fourth-order valence-electron chi connectivity index (χ4n) is 5.88. The summed E-state index contributed by atoms with van der Waals surface area (Å²) in [6, 6.07) is 11.5. The Morgan fingerprint density at radius 3 is 2.69 bits per heavy atom. The van der Waals surface area contributed by atoms with Crippen LogP contribution in [0.3, 0.4) is 0 Å². The summed E-state index contributed by atoms with van der Waals surface area (Å²) in [7, 11) is 0. The first kappa shape index (κ1) is 27.0. The summed E-state index contributed by atoms with van der Waals surface area (Å²) in [5.74, 6) is 1.38. The predicted octanol–water partition coefficient (Wildman–Crippen LogP) is 6.52. The van der Waals surface area contributed by atoms with Crippen LogP contribution in [0.1, 0.15) is 61.5 Å². The third-order valence-electron chi connectivity index (χ3n) is 8.34. The molecule has 0 bridgehead atoms. The molecular weight excluding hydrogens is 568 g/mol. The topological polar surface area (TPSA) is 130 Å². The minimum Gasteiger partial charge on any atom is -0.493 e. The Hall–Kier alpha value is -5.58. The molecule has 3 aliphatic rings. The highest BCUT2D eigenvalue weighted by Gasteiger charge is 2.25. The molecule has 0 atom stereocenters. The molecule has 5 aromatic rings. The van der Waals surface area contributed by atoms with Gasteiger partial charge < -0.3 is 29.2 Å². The van der Waals surface area contributed by atoms with Crippen LogP contribution in [-0.4, -0.2) is 40.8 Å². The fraction of sp³-hybridized carbons (Fsp3) is 0.235. The number of nitrogens with two attached hydrogens (primary N) is 1. The Kier molecular flexibility index (Phi) is 6.16. The van der Waals surface area contributed by atoms with Crippen molar-refractivity contribution in [2.24, 2.45) is 0 Å². The molecular formula is C34H32N8O3. The van der Waals surface area contributed by atoms with E-state index in [0.717, 1.165) is 33.3 Å². The molecule has 11 heteroatoms. The van der Waals surface area contributed by atoms with E-state index in [1.807, 2.05) is 58.6 Å². The number of nitrogens with one attached hydrogen (secondary N) is 1. The van der Waals surface area contributed by atoms with Crippen molar-refractivity contribution in [3.8, 4) is 28.3 Å². The number of anilines is 2. The van der Waals surface area contributed by atoms with Crippen LogP contribution in [0.15, 0.2) is 78.1 Å². The molecule has 0 radical (unpaired) electrons. The third kappa shape index (κ3) is 4.67. The number of fused-ring (bicyclic) bond motifs is 3. The SMILES string of the molecule is CCOc1cc(C(=O)Nc2cc(C3CC3)ccn2)ccc1-c1ncn2ccnc(-c3cn4c5oc=5n(C(C)C)cc4cc3N)c12. The zero-order valence-electron chi connectivity index (χ0n) is 25.2. The summed E-state index contributed by atoms with van der Waals surface area (Å²) in [6.45, 7) is 6.55. The van der Waals surface area contributed by atoms with E-state index in [1.165, 1.54) is 18.4 Å². The second kappa shape index (κ2) is 10.3. The van der Waals surface area contributed by atoms with Gasteiger partial charge in [-0.3, -0.25) is 14.2 Å². The summed E-state index contributed by atoms with van der Waals surface area (Å²) in [6.07, 6.45) is 13.4. The number of nitrogens with zero attached hydrogens (tertiary/aromatic N) is 6. The molecule has 1 fully saturated rings. The first-order valence-corrected chi connectivity index (χ1v) is 15.2. The standard InChI is InChI=1S/C34H32N8O3/c1-4-44-27-13-22(32(43)39-28-14-21(9-10-36-28)20-5-6-20)7-8-24(27)29-31-30(37-11-12-40(31)18-38-29)25-17-42-23(15-26(25)35)16-41(19(2)3)33-34(42)45-33/h7-20H,4-6,35H2,1-3H3,(H,36,39,43). The molecule has 8 rings (SSSR count). The average Bonchev–Trinajstić information content (AvgIpc) is 3.97. The number of hydrogen-bond donors (Lipinski definition) is 2. The molecule has 6 heterocycles. The zero-order valence-corrected chi connectivity index (χ0v) is 25.2. The number of hydrogen-bond acceptors (Lipinski definition) is 7. The number of ether oxygens (including phenoxy) is 1. The lowest BCUT2D eigenvalue weighted by atomic mass is 10.0. The van der Waals surface area contributed by atoms with Gasteiger partial charge in [0.25, 0.3) is 17.0 Å². The molecule has 11 nitrogen and oxygen atoms in total. The number of carbonyl (C=O) groups is 1. The second-order valence-electron chi connectivity index (χ2n) is 11.8. The summed E-state index contributed by atoms with van der Waals surface area (Å²) in [5.41, 5.74) is 15.0. The quantitative estimate of drug-likeness (QED) is 0.203. The van der Waals surface area contributed by atoms with Crippen LogP contribution in [0.25, 0.3) is 33.5 Å². The van der Waals surface area contributed by atoms with Gasteiger partial charge in [0.2, 0.25) is 0 Å². The highest BCUT2D eigenvalue weighted by molar-refractivity contribution is 6.05. The van der Waals surface area contributed by atoms with Gasteiger partial charge in [-0.2, -0.15) is 0 Å². The number of benzene rings is 1. The first-order chi connectivity index (χ1) is 21.9. The van der Waals surface area contributed by atoms with Crippen LogP contribution < -0.4 is 15.8 Å². The maximum Gasteiger partial charge on any atom is 0.268 e. The van der Waals surface area contributed by atoms with E-state index >= 15 is 0 Å². The van der Waals surface area contributed by atoms with Crippen molar-refractivity contribution < 1.29 is 13.9 Å². The molecule has 1 aliphatic carbocycles. The number of pyridine rings is 2. The molecule has 3 N–H and O–H groups in total. The van der Waals surface area contributed by atoms with E-state index < -0.39 is 0 Å². The maximum absolute atomic E-state index is 13.3. The molecule has 4 aromatic heterocycles. The molecule has 226 valence electrons. The highest BCUT2D eigenvalue weighted by atomic mass is 16.5. The van der Waals surface area contributed by atoms with Gasteiger partial charge >= 0.3 is 0 Å². The number of rotatable bonds is 8. The van der Waals surface area contributed by atoms with Gasteiger partial charge in [0.05, 0.1) is 17.6 Å². The minimum atomic E-state index is -0.261. The van der Waals surface area contributed by atoms with E-state index in [1.54, 1.807) is 30.9 Å². The monoisotopic (exact) mass is 600 g/mol. The summed E-state index contributed by atoms with van der Waals surface area (Å²) in [5, 5.41) is 2.94. The van der Waals surface area contributed by atoms with Crippen molar-refractivity contribution in [1.29, 1.82) is 0 Å². The van der Waals surface area contributed by atoms with Gasteiger partial charge in [-0.05, 0) is 81.5 Å². The zero-order chi connectivity index (χ0) is 30.8. The van der Waals surface area contributed by atoms with E-state index in [9.17, 15) is 4.79 Å². The van der Waals surface area contributed by atoms with Crippen molar-refractivity contribution in [3.63, 3.8) is 0 Å². The largest absolute Gasteiger partial charge is 0.493 e. The van der Waals surface area contributed by atoms with Crippen molar-refractivity contribution in [2.75, 3.05) is 17.7 Å². The Labute approximate surface area is 258 Å².